The summed E-state index contributed by atoms with van der Waals surface area (Å²) < 4.78 is 13.6. The first-order valence-corrected chi connectivity index (χ1v) is 12.3. The minimum absolute atomic E-state index is 0.0347. The number of nitrogens with one attached hydrogen (secondary N) is 4. The summed E-state index contributed by atoms with van der Waals surface area (Å²) in [4.78, 5) is 63.8. The number of hydrogen-bond donors (Lipinski definition) is 4. The molecule has 4 rings (SSSR count). The Bertz CT molecular complexity index is 1270. The van der Waals surface area contributed by atoms with Crippen LogP contribution in [0.2, 0.25) is 5.02 Å². The lowest BCUT2D eigenvalue weighted by molar-refractivity contribution is -0.139. The molecule has 1 saturated carbocycles. The van der Waals surface area contributed by atoms with Crippen LogP contribution in [0.1, 0.15) is 53.3 Å². The fourth-order valence-corrected chi connectivity index (χ4v) is 4.36. The summed E-state index contributed by atoms with van der Waals surface area (Å²) in [5.41, 5.74) is 0.0337. The molecule has 4 N–H and O–H groups in total. The zero-order valence-corrected chi connectivity index (χ0v) is 20.7. The molecule has 2 fully saturated rings. The van der Waals surface area contributed by atoms with Gasteiger partial charge in [0.1, 0.15) is 5.82 Å². The number of anilines is 1. The SMILES string of the molecule is C[C@@H]1C[C@@H](CC(NC(=O)c2cc(Cl)ccc2NC(=O)c2cccc(F)c2)C(=O)C(=O)NC2CC2)C(=O)N1. The number of carbonyl (C=O) groups is 5. The number of Topliss-reactive ketones (excluding diaryl/α,β-unsaturated/α-hetero) is 1. The maximum atomic E-state index is 13.6. The molecule has 1 heterocycles. The largest absolute Gasteiger partial charge is 0.353 e. The van der Waals surface area contributed by atoms with Crippen molar-refractivity contribution in [3.63, 3.8) is 0 Å². The van der Waals surface area contributed by atoms with Crippen LogP contribution < -0.4 is 21.3 Å². The maximum absolute atomic E-state index is 13.6. The van der Waals surface area contributed by atoms with E-state index in [9.17, 15) is 28.4 Å². The Labute approximate surface area is 217 Å². The van der Waals surface area contributed by atoms with E-state index in [0.717, 1.165) is 18.9 Å². The third-order valence-electron chi connectivity index (χ3n) is 6.24. The first-order chi connectivity index (χ1) is 17.6. The molecule has 4 amide bonds. The van der Waals surface area contributed by atoms with Crippen molar-refractivity contribution in [3.05, 3.63) is 64.4 Å². The Hall–Kier alpha value is -3.79. The molecule has 11 heteroatoms. The van der Waals surface area contributed by atoms with Gasteiger partial charge in [-0.2, -0.15) is 0 Å². The van der Waals surface area contributed by atoms with Crippen LogP contribution in [-0.2, 0) is 14.4 Å². The van der Waals surface area contributed by atoms with Gasteiger partial charge in [0.2, 0.25) is 11.7 Å². The van der Waals surface area contributed by atoms with Crippen molar-refractivity contribution >= 4 is 46.7 Å². The van der Waals surface area contributed by atoms with Gasteiger partial charge in [0.15, 0.2) is 0 Å². The van der Waals surface area contributed by atoms with Gasteiger partial charge < -0.3 is 21.3 Å². The van der Waals surface area contributed by atoms with Crippen molar-refractivity contribution in [2.45, 2.75) is 50.7 Å². The van der Waals surface area contributed by atoms with E-state index in [-0.39, 0.29) is 46.2 Å². The lowest BCUT2D eigenvalue weighted by atomic mass is 9.93. The van der Waals surface area contributed by atoms with Crippen LogP contribution >= 0.6 is 11.6 Å². The summed E-state index contributed by atoms with van der Waals surface area (Å²) in [5, 5.41) is 10.7. The molecule has 0 bridgehead atoms. The first kappa shape index (κ1) is 26.3. The number of hydrogen-bond acceptors (Lipinski definition) is 5. The van der Waals surface area contributed by atoms with Crippen LogP contribution in [0.5, 0.6) is 0 Å². The molecule has 2 aliphatic rings. The van der Waals surface area contributed by atoms with Gasteiger partial charge in [0.05, 0.1) is 17.3 Å². The van der Waals surface area contributed by atoms with E-state index in [2.05, 4.69) is 21.3 Å². The molecule has 2 aromatic rings. The molecule has 194 valence electrons. The first-order valence-electron chi connectivity index (χ1n) is 11.9. The zero-order chi connectivity index (χ0) is 26.7. The lowest BCUT2D eigenvalue weighted by Gasteiger charge is -2.21. The van der Waals surface area contributed by atoms with Gasteiger partial charge in [-0.15, -0.1) is 0 Å². The number of halogens is 2. The molecule has 1 unspecified atom stereocenters. The van der Waals surface area contributed by atoms with Gasteiger partial charge >= 0.3 is 0 Å². The van der Waals surface area contributed by atoms with Gasteiger partial charge in [-0.1, -0.05) is 17.7 Å². The molecule has 1 aliphatic heterocycles. The van der Waals surface area contributed by atoms with Gasteiger partial charge in [-0.3, -0.25) is 24.0 Å². The third kappa shape index (κ3) is 6.71. The van der Waals surface area contributed by atoms with Crippen LogP contribution in [-0.4, -0.2) is 47.5 Å². The van der Waals surface area contributed by atoms with E-state index in [1.165, 1.54) is 36.4 Å². The Kier molecular flexibility index (Phi) is 7.87. The summed E-state index contributed by atoms with van der Waals surface area (Å²) in [6, 6.07) is 7.74. The van der Waals surface area contributed by atoms with Crippen molar-refractivity contribution in [3.8, 4) is 0 Å². The van der Waals surface area contributed by atoms with Gasteiger partial charge in [-0.25, -0.2) is 4.39 Å². The van der Waals surface area contributed by atoms with Crippen molar-refractivity contribution in [2.75, 3.05) is 5.32 Å². The maximum Gasteiger partial charge on any atom is 0.289 e. The summed E-state index contributed by atoms with van der Waals surface area (Å²) in [7, 11) is 0. The van der Waals surface area contributed by atoms with Crippen molar-refractivity contribution < 1.29 is 28.4 Å². The van der Waals surface area contributed by atoms with Crippen LogP contribution in [0.15, 0.2) is 42.5 Å². The number of carbonyl (C=O) groups excluding carboxylic acids is 5. The topological polar surface area (TPSA) is 133 Å². The van der Waals surface area contributed by atoms with Crippen molar-refractivity contribution in [1.29, 1.82) is 0 Å². The van der Waals surface area contributed by atoms with Crippen molar-refractivity contribution in [2.24, 2.45) is 5.92 Å². The minimum atomic E-state index is -1.28. The van der Waals surface area contributed by atoms with Crippen molar-refractivity contribution in [1.82, 2.24) is 16.0 Å². The van der Waals surface area contributed by atoms with E-state index >= 15 is 0 Å². The zero-order valence-electron chi connectivity index (χ0n) is 20.0. The Morgan fingerprint density at radius 1 is 1.11 bits per heavy atom. The number of benzene rings is 2. The predicted molar refractivity (Wildman–Crippen MR) is 134 cm³/mol. The number of rotatable bonds is 9. The molecule has 3 atom stereocenters. The quantitative estimate of drug-likeness (QED) is 0.371. The normalized spacial score (nSPS) is 19.5. The molecule has 37 heavy (non-hydrogen) atoms. The molecule has 0 radical (unpaired) electrons. The minimum Gasteiger partial charge on any atom is -0.353 e. The van der Waals surface area contributed by atoms with E-state index in [4.69, 9.17) is 11.6 Å². The van der Waals surface area contributed by atoms with Gasteiger partial charge in [0, 0.05) is 28.6 Å². The van der Waals surface area contributed by atoms with Crippen LogP contribution in [0.3, 0.4) is 0 Å². The molecular weight excluding hydrogens is 503 g/mol. The molecule has 1 aliphatic carbocycles. The van der Waals surface area contributed by atoms with Crippen LogP contribution in [0.25, 0.3) is 0 Å². The van der Waals surface area contributed by atoms with E-state index in [0.29, 0.717) is 6.42 Å². The number of ketones is 1. The van der Waals surface area contributed by atoms with E-state index < -0.39 is 41.3 Å². The smallest absolute Gasteiger partial charge is 0.289 e. The standard InChI is InChI=1S/C26H26ClFN4O5/c1-13-9-15(24(35)29-13)11-21(22(33)26(37)30-18-6-7-18)32-25(36)19-12-16(27)5-8-20(19)31-23(34)14-3-2-4-17(28)10-14/h2-5,8,10,12-13,15,18,21H,6-7,9,11H2,1H3,(H,29,35)(H,30,37)(H,31,34)(H,32,36)/t13-,15+,21?/m1/s1. The van der Waals surface area contributed by atoms with E-state index in [1.807, 2.05) is 6.92 Å². The highest BCUT2D eigenvalue weighted by atomic mass is 35.5. The predicted octanol–water partition coefficient (Wildman–Crippen LogP) is 2.59. The monoisotopic (exact) mass is 528 g/mol. The highest BCUT2D eigenvalue weighted by Crippen LogP contribution is 2.25. The van der Waals surface area contributed by atoms with Gasteiger partial charge in [0.25, 0.3) is 17.7 Å². The number of amides is 4. The summed E-state index contributed by atoms with van der Waals surface area (Å²) in [5.74, 6) is -4.55. The summed E-state index contributed by atoms with van der Waals surface area (Å²) in [6.45, 7) is 1.83. The summed E-state index contributed by atoms with van der Waals surface area (Å²) in [6.07, 6.45) is 1.93. The highest BCUT2D eigenvalue weighted by Gasteiger charge is 2.37. The fraction of sp³-hybridized carbons (Fsp3) is 0.346. The molecule has 0 aromatic heterocycles. The second-order valence-corrected chi connectivity index (χ2v) is 9.81. The van der Waals surface area contributed by atoms with Crippen LogP contribution in [0, 0.1) is 11.7 Å². The molecular formula is C26H26ClFN4O5. The Morgan fingerprint density at radius 2 is 1.86 bits per heavy atom. The average Bonchev–Trinajstić information content (AvgIpc) is 3.61. The Balaban J connectivity index is 1.55. The lowest BCUT2D eigenvalue weighted by Crippen LogP contribution is -2.49. The van der Waals surface area contributed by atoms with Gasteiger partial charge in [-0.05, 0) is 69.0 Å². The average molecular weight is 529 g/mol. The highest BCUT2D eigenvalue weighted by molar-refractivity contribution is 6.38. The third-order valence-corrected chi connectivity index (χ3v) is 6.47. The van der Waals surface area contributed by atoms with Crippen LogP contribution in [0.4, 0.5) is 10.1 Å². The molecule has 2 aromatic carbocycles. The second-order valence-electron chi connectivity index (χ2n) is 9.37. The molecule has 9 nitrogen and oxygen atoms in total. The second kappa shape index (κ2) is 11.1. The molecule has 0 spiro atoms. The Morgan fingerprint density at radius 3 is 2.51 bits per heavy atom. The fourth-order valence-electron chi connectivity index (χ4n) is 4.19. The summed E-state index contributed by atoms with van der Waals surface area (Å²) >= 11 is 6.10. The molecule has 1 saturated heterocycles. The van der Waals surface area contributed by atoms with E-state index in [1.54, 1.807) is 0 Å².